The Balaban J connectivity index is 1.73. The topological polar surface area (TPSA) is 105 Å². The molecule has 29 heavy (non-hydrogen) atoms. The summed E-state index contributed by atoms with van der Waals surface area (Å²) in [6.07, 6.45) is 0. The maximum absolute atomic E-state index is 12.6. The number of aromatic hydroxyl groups is 1. The number of urea groups is 1. The van der Waals surface area contributed by atoms with Crippen LogP contribution in [0.25, 0.3) is 0 Å². The Morgan fingerprint density at radius 3 is 2.21 bits per heavy atom. The van der Waals surface area contributed by atoms with Crippen molar-refractivity contribution in [1.82, 2.24) is 0 Å². The maximum Gasteiger partial charge on any atom is 0.339 e. The Bertz CT molecular complexity index is 1160. The molecule has 0 aliphatic carbocycles. The van der Waals surface area contributed by atoms with Gasteiger partial charge in [0.25, 0.3) is 0 Å². The van der Waals surface area contributed by atoms with E-state index in [1.807, 2.05) is 6.92 Å². The van der Waals surface area contributed by atoms with E-state index in [-0.39, 0.29) is 16.4 Å². The summed E-state index contributed by atoms with van der Waals surface area (Å²) in [5, 5.41) is 14.6. The minimum atomic E-state index is -4.02. The normalized spacial score (nSPS) is 11.0. The number of phenols is 1. The predicted molar refractivity (Wildman–Crippen MR) is 111 cm³/mol. The number of benzene rings is 3. The maximum atomic E-state index is 12.6. The van der Waals surface area contributed by atoms with Crippen molar-refractivity contribution in [1.29, 1.82) is 0 Å². The van der Waals surface area contributed by atoms with E-state index in [9.17, 15) is 18.3 Å². The van der Waals surface area contributed by atoms with Crippen LogP contribution in [-0.4, -0.2) is 19.6 Å². The quantitative estimate of drug-likeness (QED) is 0.538. The van der Waals surface area contributed by atoms with Crippen LogP contribution < -0.4 is 14.8 Å². The van der Waals surface area contributed by atoms with E-state index in [2.05, 4.69) is 10.6 Å². The highest BCUT2D eigenvalue weighted by Gasteiger charge is 2.19. The molecule has 0 unspecified atom stereocenters. The Morgan fingerprint density at radius 2 is 1.55 bits per heavy atom. The minimum Gasteiger partial charge on any atom is -0.508 e. The second-order valence-corrected chi connectivity index (χ2v) is 7.98. The molecule has 0 bridgehead atoms. The average molecular weight is 412 g/mol. The van der Waals surface area contributed by atoms with Gasteiger partial charge in [-0.1, -0.05) is 29.8 Å². The zero-order chi connectivity index (χ0) is 21.0. The Kier molecular flexibility index (Phi) is 5.74. The van der Waals surface area contributed by atoms with Crippen molar-refractivity contribution in [2.45, 2.75) is 18.7 Å². The van der Waals surface area contributed by atoms with Crippen molar-refractivity contribution < 1.29 is 22.5 Å². The molecule has 150 valence electrons. The summed E-state index contributed by atoms with van der Waals surface area (Å²) < 4.78 is 30.4. The lowest BCUT2D eigenvalue weighted by atomic mass is 10.2. The second kappa shape index (κ2) is 8.24. The Morgan fingerprint density at radius 1 is 0.897 bits per heavy atom. The van der Waals surface area contributed by atoms with Crippen LogP contribution in [0, 0.1) is 13.8 Å². The van der Waals surface area contributed by atoms with Gasteiger partial charge < -0.3 is 19.9 Å². The highest BCUT2D eigenvalue weighted by molar-refractivity contribution is 7.87. The first-order valence-electron chi connectivity index (χ1n) is 8.72. The number of hydrogen-bond donors (Lipinski definition) is 3. The molecule has 0 aliphatic rings. The van der Waals surface area contributed by atoms with Crippen LogP contribution in [0.5, 0.6) is 11.5 Å². The molecular weight excluding hydrogens is 392 g/mol. The van der Waals surface area contributed by atoms with E-state index < -0.39 is 16.1 Å². The van der Waals surface area contributed by atoms with Gasteiger partial charge in [0.1, 0.15) is 16.4 Å². The molecule has 3 N–H and O–H groups in total. The summed E-state index contributed by atoms with van der Waals surface area (Å²) in [4.78, 5) is 12.2. The molecular formula is C21H20N2O5S. The molecule has 0 aromatic heterocycles. The van der Waals surface area contributed by atoms with Crippen LogP contribution in [-0.2, 0) is 10.1 Å². The first-order valence-corrected chi connectivity index (χ1v) is 10.1. The molecule has 7 nitrogen and oxygen atoms in total. The fourth-order valence-corrected chi connectivity index (χ4v) is 3.89. The van der Waals surface area contributed by atoms with E-state index in [4.69, 9.17) is 4.18 Å². The molecule has 0 fully saturated rings. The second-order valence-electron chi connectivity index (χ2n) is 6.46. The Labute approximate surface area is 169 Å². The number of aryl methyl sites for hydroxylation is 2. The van der Waals surface area contributed by atoms with Crippen LogP contribution in [0.15, 0.2) is 71.6 Å². The van der Waals surface area contributed by atoms with Crippen molar-refractivity contribution in [3.63, 3.8) is 0 Å². The fourth-order valence-electron chi connectivity index (χ4n) is 2.75. The van der Waals surface area contributed by atoms with Gasteiger partial charge in [-0.3, -0.25) is 0 Å². The lowest BCUT2D eigenvalue weighted by Crippen LogP contribution is -2.19. The number of anilines is 2. The van der Waals surface area contributed by atoms with Crippen LogP contribution in [0.1, 0.15) is 11.1 Å². The molecule has 3 rings (SSSR count). The van der Waals surface area contributed by atoms with E-state index >= 15 is 0 Å². The summed E-state index contributed by atoms with van der Waals surface area (Å²) >= 11 is 0. The molecule has 0 saturated heterocycles. The summed E-state index contributed by atoms with van der Waals surface area (Å²) in [5.74, 6) is 0.0925. The van der Waals surface area contributed by atoms with Crippen molar-refractivity contribution in [2.75, 3.05) is 10.6 Å². The monoisotopic (exact) mass is 412 g/mol. The number of hydrogen-bond acceptors (Lipinski definition) is 5. The van der Waals surface area contributed by atoms with Gasteiger partial charge in [0.05, 0.1) is 0 Å². The van der Waals surface area contributed by atoms with Gasteiger partial charge in [0.15, 0.2) is 0 Å². The van der Waals surface area contributed by atoms with Crippen molar-refractivity contribution >= 4 is 27.5 Å². The van der Waals surface area contributed by atoms with Crippen molar-refractivity contribution in [3.8, 4) is 11.5 Å². The van der Waals surface area contributed by atoms with Crippen LogP contribution in [0.2, 0.25) is 0 Å². The van der Waals surface area contributed by atoms with Gasteiger partial charge in [0, 0.05) is 23.5 Å². The van der Waals surface area contributed by atoms with E-state index in [0.717, 1.165) is 5.56 Å². The molecule has 0 heterocycles. The van der Waals surface area contributed by atoms with Crippen molar-refractivity contribution in [2.24, 2.45) is 0 Å². The van der Waals surface area contributed by atoms with Gasteiger partial charge in [0.2, 0.25) is 0 Å². The fraction of sp³-hybridized carbons (Fsp3) is 0.0952. The minimum absolute atomic E-state index is 0.0230. The van der Waals surface area contributed by atoms with Crippen LogP contribution in [0.4, 0.5) is 16.2 Å². The third kappa shape index (κ3) is 5.26. The summed E-state index contributed by atoms with van der Waals surface area (Å²) in [5.41, 5.74) is 2.29. The van der Waals surface area contributed by atoms with Gasteiger partial charge in [-0.15, -0.1) is 0 Å². The first kappa shape index (κ1) is 20.2. The number of carbonyl (C=O) groups is 1. The number of amides is 2. The zero-order valence-electron chi connectivity index (χ0n) is 15.8. The molecule has 0 atom stereocenters. The molecule has 3 aromatic rings. The summed E-state index contributed by atoms with van der Waals surface area (Å²) in [7, 11) is -4.02. The molecule has 0 aliphatic heterocycles. The lowest BCUT2D eigenvalue weighted by molar-refractivity contribution is 0.262. The van der Waals surface area contributed by atoms with Gasteiger partial charge in [-0.2, -0.15) is 8.42 Å². The van der Waals surface area contributed by atoms with Crippen LogP contribution >= 0.6 is 0 Å². The summed E-state index contributed by atoms with van der Waals surface area (Å²) in [6.45, 7) is 3.58. The average Bonchev–Trinajstić information content (AvgIpc) is 2.61. The molecule has 2 amide bonds. The highest BCUT2D eigenvalue weighted by Crippen LogP contribution is 2.24. The molecule has 3 aromatic carbocycles. The SMILES string of the molecule is Cc1ccc(S(=O)(=O)Oc2cccc(NC(=O)Nc3cccc(O)c3)c2)c(C)c1. The summed E-state index contributed by atoms with van der Waals surface area (Å²) in [6, 6.07) is 16.6. The van der Waals surface area contributed by atoms with E-state index in [1.165, 1.54) is 30.3 Å². The van der Waals surface area contributed by atoms with E-state index in [1.54, 1.807) is 43.3 Å². The standard InChI is InChI=1S/C21H20N2O5S/c1-14-9-10-20(15(2)11-14)29(26,27)28-19-8-4-6-17(13-19)23-21(25)22-16-5-3-7-18(24)12-16/h3-13,24H,1-2H3,(H2,22,23,25). The Hall–Kier alpha value is -3.52. The predicted octanol–water partition coefficient (Wildman–Crippen LogP) is 4.42. The number of nitrogens with one attached hydrogen (secondary N) is 2. The molecule has 8 heteroatoms. The third-order valence-corrected chi connectivity index (χ3v) is 5.41. The molecule has 0 spiro atoms. The first-order chi connectivity index (χ1) is 13.7. The largest absolute Gasteiger partial charge is 0.508 e. The van der Waals surface area contributed by atoms with Crippen LogP contribution in [0.3, 0.4) is 0 Å². The van der Waals surface area contributed by atoms with Gasteiger partial charge in [-0.25, -0.2) is 4.79 Å². The highest BCUT2D eigenvalue weighted by atomic mass is 32.2. The molecule has 0 saturated carbocycles. The number of carbonyl (C=O) groups excluding carboxylic acids is 1. The molecule has 0 radical (unpaired) electrons. The van der Waals surface area contributed by atoms with E-state index in [0.29, 0.717) is 16.9 Å². The smallest absolute Gasteiger partial charge is 0.339 e. The number of phenolic OH excluding ortho intramolecular Hbond substituents is 1. The number of rotatable bonds is 5. The lowest BCUT2D eigenvalue weighted by Gasteiger charge is -2.12. The third-order valence-electron chi connectivity index (χ3n) is 4.00. The van der Waals surface area contributed by atoms with Gasteiger partial charge in [-0.05, 0) is 49.7 Å². The van der Waals surface area contributed by atoms with Crippen molar-refractivity contribution in [3.05, 3.63) is 77.9 Å². The zero-order valence-corrected chi connectivity index (χ0v) is 16.7. The van der Waals surface area contributed by atoms with Gasteiger partial charge >= 0.3 is 16.1 Å².